The van der Waals surface area contributed by atoms with Gasteiger partial charge in [-0.3, -0.25) is 0 Å². The van der Waals surface area contributed by atoms with Gasteiger partial charge < -0.3 is 10.1 Å². The largest absolute Gasteiger partial charge is 0.497 e. The Morgan fingerprint density at radius 3 is 2.31 bits per heavy atom. The molecular weight excluding hydrogens is 326 g/mol. The molecule has 1 aromatic carbocycles. The smallest absolute Gasteiger partial charge is 0.232 e. The van der Waals surface area contributed by atoms with Crippen molar-refractivity contribution in [2.45, 2.75) is 53.4 Å². The van der Waals surface area contributed by atoms with Crippen LogP contribution in [0.4, 0.5) is 11.6 Å². The van der Waals surface area contributed by atoms with E-state index in [0.717, 1.165) is 46.9 Å². The van der Waals surface area contributed by atoms with Crippen molar-refractivity contribution in [1.82, 2.24) is 19.6 Å². The highest BCUT2D eigenvalue weighted by Gasteiger charge is 2.18. The van der Waals surface area contributed by atoms with Gasteiger partial charge in [-0.2, -0.15) is 14.6 Å². The van der Waals surface area contributed by atoms with E-state index < -0.39 is 0 Å². The number of hydrogen-bond acceptors (Lipinski definition) is 5. The topological polar surface area (TPSA) is 64.3 Å². The summed E-state index contributed by atoms with van der Waals surface area (Å²) < 4.78 is 7.16. The Labute approximate surface area is 154 Å². The second kappa shape index (κ2) is 7.32. The van der Waals surface area contributed by atoms with Crippen LogP contribution >= 0.6 is 0 Å². The molecule has 2 heterocycles. The first-order valence-corrected chi connectivity index (χ1v) is 9.12. The lowest BCUT2D eigenvalue weighted by molar-refractivity contribution is 0.414. The molecule has 26 heavy (non-hydrogen) atoms. The second-order valence-electron chi connectivity index (χ2n) is 6.70. The molecular formula is C20H27N5O. The van der Waals surface area contributed by atoms with Crippen LogP contribution in [0.15, 0.2) is 18.3 Å². The molecule has 0 bridgehead atoms. The highest BCUT2D eigenvalue weighted by Crippen LogP contribution is 2.30. The van der Waals surface area contributed by atoms with Crippen molar-refractivity contribution < 1.29 is 4.74 Å². The monoisotopic (exact) mass is 353 g/mol. The molecule has 2 aromatic heterocycles. The van der Waals surface area contributed by atoms with Crippen molar-refractivity contribution in [2.75, 3.05) is 12.4 Å². The highest BCUT2D eigenvalue weighted by atomic mass is 16.5. The molecule has 0 spiro atoms. The molecule has 0 atom stereocenters. The summed E-state index contributed by atoms with van der Waals surface area (Å²) in [4.78, 5) is 9.25. The van der Waals surface area contributed by atoms with Gasteiger partial charge in [-0.15, -0.1) is 0 Å². The van der Waals surface area contributed by atoms with Gasteiger partial charge in [-0.25, -0.2) is 4.98 Å². The summed E-state index contributed by atoms with van der Waals surface area (Å²) in [5.74, 6) is 2.72. The molecule has 0 aliphatic carbocycles. The number of ether oxygens (including phenoxy) is 1. The van der Waals surface area contributed by atoms with Gasteiger partial charge in [0.15, 0.2) is 5.65 Å². The molecule has 6 heteroatoms. The van der Waals surface area contributed by atoms with Gasteiger partial charge in [0.2, 0.25) is 5.95 Å². The number of rotatable bonds is 6. The van der Waals surface area contributed by atoms with Crippen LogP contribution in [-0.4, -0.2) is 26.7 Å². The molecule has 0 aliphatic heterocycles. The van der Waals surface area contributed by atoms with Crippen molar-refractivity contribution in [3.63, 3.8) is 0 Å². The lowest BCUT2D eigenvalue weighted by Crippen LogP contribution is -2.08. The predicted octanol–water partition coefficient (Wildman–Crippen LogP) is 4.71. The average molecular weight is 353 g/mol. The number of hydrogen-bond donors (Lipinski definition) is 1. The maximum Gasteiger partial charge on any atom is 0.232 e. The van der Waals surface area contributed by atoms with E-state index in [9.17, 15) is 0 Å². The van der Waals surface area contributed by atoms with Crippen LogP contribution in [0.2, 0.25) is 0 Å². The van der Waals surface area contributed by atoms with E-state index in [1.54, 1.807) is 7.11 Å². The van der Waals surface area contributed by atoms with Crippen LogP contribution < -0.4 is 10.1 Å². The van der Waals surface area contributed by atoms with E-state index in [2.05, 4.69) is 48.1 Å². The Hall–Kier alpha value is -2.63. The SMILES string of the molecule is CCC(CC)c1cnn2c(Nc3c(C)cc(OC)cc3C)nc(C)nc12. The fourth-order valence-electron chi connectivity index (χ4n) is 3.45. The summed E-state index contributed by atoms with van der Waals surface area (Å²) in [5.41, 5.74) is 5.28. The summed E-state index contributed by atoms with van der Waals surface area (Å²) in [6.45, 7) is 10.4. The predicted molar refractivity (Wildman–Crippen MR) is 105 cm³/mol. The van der Waals surface area contributed by atoms with Gasteiger partial charge in [-0.05, 0) is 62.8 Å². The summed E-state index contributed by atoms with van der Waals surface area (Å²) in [6.07, 6.45) is 4.07. The summed E-state index contributed by atoms with van der Waals surface area (Å²) in [6, 6.07) is 4.03. The Kier molecular flexibility index (Phi) is 5.11. The van der Waals surface area contributed by atoms with Gasteiger partial charge in [-0.1, -0.05) is 13.8 Å². The maximum atomic E-state index is 5.35. The highest BCUT2D eigenvalue weighted by molar-refractivity contribution is 5.66. The fraction of sp³-hybridized carbons (Fsp3) is 0.450. The van der Waals surface area contributed by atoms with E-state index in [4.69, 9.17) is 4.74 Å². The van der Waals surface area contributed by atoms with Gasteiger partial charge in [0.05, 0.1) is 13.3 Å². The van der Waals surface area contributed by atoms with Gasteiger partial charge in [0.1, 0.15) is 11.6 Å². The molecule has 0 unspecified atom stereocenters. The first-order valence-electron chi connectivity index (χ1n) is 9.12. The number of nitrogens with one attached hydrogen (secondary N) is 1. The second-order valence-corrected chi connectivity index (χ2v) is 6.70. The molecule has 138 valence electrons. The zero-order valence-electron chi connectivity index (χ0n) is 16.4. The minimum absolute atomic E-state index is 0.458. The molecule has 1 N–H and O–H groups in total. The lowest BCUT2D eigenvalue weighted by Gasteiger charge is -2.15. The average Bonchev–Trinajstić information content (AvgIpc) is 3.02. The zero-order valence-corrected chi connectivity index (χ0v) is 16.4. The van der Waals surface area contributed by atoms with E-state index in [0.29, 0.717) is 11.9 Å². The molecule has 0 amide bonds. The van der Waals surface area contributed by atoms with Crippen molar-refractivity contribution in [3.8, 4) is 5.75 Å². The van der Waals surface area contributed by atoms with E-state index in [1.807, 2.05) is 29.8 Å². The van der Waals surface area contributed by atoms with Crippen LogP contribution in [0.25, 0.3) is 5.65 Å². The third-order valence-corrected chi connectivity index (χ3v) is 4.91. The van der Waals surface area contributed by atoms with Gasteiger partial charge >= 0.3 is 0 Å². The first-order chi connectivity index (χ1) is 12.5. The first kappa shape index (κ1) is 18.2. The molecule has 3 rings (SSSR count). The minimum Gasteiger partial charge on any atom is -0.497 e. The quantitative estimate of drug-likeness (QED) is 0.695. The van der Waals surface area contributed by atoms with E-state index in [1.165, 1.54) is 5.56 Å². The standard InChI is InChI=1S/C20H27N5O/c1-7-15(8-2)17-11-21-25-19(17)22-14(5)23-20(25)24-18-12(3)9-16(26-6)10-13(18)4/h9-11,15H,7-8H2,1-6H3,(H,22,23,24). The summed E-state index contributed by atoms with van der Waals surface area (Å²) in [7, 11) is 1.68. The minimum atomic E-state index is 0.458. The number of aromatic nitrogens is 4. The number of methoxy groups -OCH3 is 1. The van der Waals surface area contributed by atoms with Crippen molar-refractivity contribution in [1.29, 1.82) is 0 Å². The zero-order chi connectivity index (χ0) is 18.8. The van der Waals surface area contributed by atoms with Gasteiger partial charge in [0, 0.05) is 11.3 Å². The van der Waals surface area contributed by atoms with E-state index in [-0.39, 0.29) is 0 Å². The van der Waals surface area contributed by atoms with Crippen LogP contribution in [0.3, 0.4) is 0 Å². The van der Waals surface area contributed by atoms with Crippen LogP contribution in [0, 0.1) is 20.8 Å². The van der Waals surface area contributed by atoms with E-state index >= 15 is 0 Å². The number of nitrogens with zero attached hydrogens (tertiary/aromatic N) is 4. The molecule has 0 fully saturated rings. The molecule has 3 aromatic rings. The van der Waals surface area contributed by atoms with Gasteiger partial charge in [0.25, 0.3) is 0 Å². The number of benzene rings is 1. The summed E-state index contributed by atoms with van der Waals surface area (Å²) >= 11 is 0. The molecule has 0 saturated carbocycles. The van der Waals surface area contributed by atoms with Crippen LogP contribution in [-0.2, 0) is 0 Å². The Morgan fingerprint density at radius 1 is 1.08 bits per heavy atom. The number of aryl methyl sites for hydroxylation is 3. The molecule has 0 saturated heterocycles. The fourth-order valence-corrected chi connectivity index (χ4v) is 3.45. The summed E-state index contributed by atoms with van der Waals surface area (Å²) in [5, 5.41) is 8.03. The maximum absolute atomic E-state index is 5.35. The van der Waals surface area contributed by atoms with Crippen LogP contribution in [0.5, 0.6) is 5.75 Å². The van der Waals surface area contributed by atoms with Crippen molar-refractivity contribution in [2.24, 2.45) is 0 Å². The number of fused-ring (bicyclic) bond motifs is 1. The Balaban J connectivity index is 2.09. The molecule has 6 nitrogen and oxygen atoms in total. The lowest BCUT2D eigenvalue weighted by atomic mass is 9.96. The molecule has 0 radical (unpaired) electrons. The third-order valence-electron chi connectivity index (χ3n) is 4.91. The Morgan fingerprint density at radius 2 is 1.73 bits per heavy atom. The van der Waals surface area contributed by atoms with Crippen LogP contribution in [0.1, 0.15) is 55.1 Å². The normalized spacial score (nSPS) is 11.3. The molecule has 0 aliphatic rings. The van der Waals surface area contributed by atoms with Crippen molar-refractivity contribution in [3.05, 3.63) is 40.8 Å². The number of anilines is 2. The van der Waals surface area contributed by atoms with Crippen molar-refractivity contribution >= 4 is 17.3 Å². The Bertz CT molecular complexity index is 904. The third kappa shape index (κ3) is 3.23.